The minimum absolute atomic E-state index is 0.0159. The van der Waals surface area contributed by atoms with Crippen molar-refractivity contribution in [3.8, 4) is 0 Å². The van der Waals surface area contributed by atoms with Crippen LogP contribution in [0.1, 0.15) is 24.1 Å². The van der Waals surface area contributed by atoms with E-state index in [1.807, 2.05) is 43.3 Å². The predicted molar refractivity (Wildman–Crippen MR) is 86.4 cm³/mol. The first-order chi connectivity index (χ1) is 10.0. The summed E-state index contributed by atoms with van der Waals surface area (Å²) in [4.78, 5) is 11.8. The van der Waals surface area contributed by atoms with Gasteiger partial charge in [-0.3, -0.25) is 0 Å². The molecule has 4 N–H and O–H groups in total. The van der Waals surface area contributed by atoms with Gasteiger partial charge >= 0.3 is 6.03 Å². The second-order valence-electron chi connectivity index (χ2n) is 4.84. The number of anilines is 1. The normalized spacial score (nSPS) is 11.8. The van der Waals surface area contributed by atoms with E-state index < -0.39 is 0 Å². The van der Waals surface area contributed by atoms with E-state index in [9.17, 15) is 4.79 Å². The van der Waals surface area contributed by atoms with E-state index in [-0.39, 0.29) is 12.1 Å². The molecule has 1 atom stereocenters. The van der Waals surface area contributed by atoms with Crippen LogP contribution in [0.25, 0.3) is 0 Å². The lowest BCUT2D eigenvalue weighted by atomic mass is 10.1. The molecule has 0 bridgehead atoms. The number of hydrogen-bond acceptors (Lipinski definition) is 2. The summed E-state index contributed by atoms with van der Waals surface area (Å²) in [5, 5.41) is 6.24. The molecule has 0 unspecified atom stereocenters. The number of rotatable bonds is 4. The lowest BCUT2D eigenvalue weighted by Crippen LogP contribution is -2.28. The third-order valence-corrected chi connectivity index (χ3v) is 3.31. The maximum Gasteiger partial charge on any atom is 0.319 e. The third-order valence-electron chi connectivity index (χ3n) is 3.06. The summed E-state index contributed by atoms with van der Waals surface area (Å²) in [7, 11) is 0. The molecule has 0 fully saturated rings. The Morgan fingerprint density at radius 2 is 1.76 bits per heavy atom. The van der Waals surface area contributed by atoms with Crippen LogP contribution in [0.4, 0.5) is 10.5 Å². The summed E-state index contributed by atoms with van der Waals surface area (Å²) in [5.41, 5.74) is 8.53. The zero-order valence-electron chi connectivity index (χ0n) is 11.8. The van der Waals surface area contributed by atoms with Crippen molar-refractivity contribution in [2.24, 2.45) is 5.73 Å². The number of hydrogen-bond donors (Lipinski definition) is 3. The van der Waals surface area contributed by atoms with Gasteiger partial charge in [0.25, 0.3) is 0 Å². The Bertz CT molecular complexity index is 594. The van der Waals surface area contributed by atoms with Crippen LogP contribution in [0.5, 0.6) is 0 Å². The van der Waals surface area contributed by atoms with E-state index in [4.69, 9.17) is 17.3 Å². The van der Waals surface area contributed by atoms with Gasteiger partial charge in [0.2, 0.25) is 0 Å². The number of nitrogens with two attached hydrogens (primary N) is 1. The minimum Gasteiger partial charge on any atom is -0.334 e. The molecule has 2 rings (SSSR count). The molecule has 21 heavy (non-hydrogen) atoms. The van der Waals surface area contributed by atoms with Crippen LogP contribution in [0.3, 0.4) is 0 Å². The number of halogens is 1. The Morgan fingerprint density at radius 3 is 2.33 bits per heavy atom. The van der Waals surface area contributed by atoms with Gasteiger partial charge in [0.05, 0.1) is 0 Å². The molecule has 0 spiro atoms. The molecule has 2 amide bonds. The van der Waals surface area contributed by atoms with Gasteiger partial charge in [0, 0.05) is 23.3 Å². The molecule has 0 aliphatic heterocycles. The lowest BCUT2D eigenvalue weighted by molar-refractivity contribution is 0.251. The highest BCUT2D eigenvalue weighted by atomic mass is 35.5. The van der Waals surface area contributed by atoms with Crippen molar-refractivity contribution in [1.29, 1.82) is 0 Å². The highest BCUT2D eigenvalue weighted by Gasteiger charge is 2.03. The largest absolute Gasteiger partial charge is 0.334 e. The molecule has 0 saturated heterocycles. The molecule has 2 aromatic carbocycles. The predicted octanol–water partition coefficient (Wildman–Crippen LogP) is 3.68. The van der Waals surface area contributed by atoms with Crippen LogP contribution >= 0.6 is 11.6 Å². The van der Waals surface area contributed by atoms with Gasteiger partial charge in [0.15, 0.2) is 0 Å². The number of urea groups is 1. The maximum absolute atomic E-state index is 11.8. The van der Waals surface area contributed by atoms with Crippen LogP contribution < -0.4 is 16.4 Å². The smallest absolute Gasteiger partial charge is 0.319 e. The second kappa shape index (κ2) is 7.11. The van der Waals surface area contributed by atoms with Gasteiger partial charge in [-0.05, 0) is 42.3 Å². The van der Waals surface area contributed by atoms with Gasteiger partial charge in [0.1, 0.15) is 0 Å². The van der Waals surface area contributed by atoms with Crippen molar-refractivity contribution in [3.63, 3.8) is 0 Å². The van der Waals surface area contributed by atoms with Crippen LogP contribution in [-0.2, 0) is 6.54 Å². The van der Waals surface area contributed by atoms with Crippen molar-refractivity contribution < 1.29 is 4.79 Å². The number of carbonyl (C=O) groups excluding carboxylic acids is 1. The minimum atomic E-state index is -0.251. The Balaban J connectivity index is 1.85. The average molecular weight is 304 g/mol. The highest BCUT2D eigenvalue weighted by molar-refractivity contribution is 6.30. The monoisotopic (exact) mass is 303 g/mol. The van der Waals surface area contributed by atoms with Crippen molar-refractivity contribution in [1.82, 2.24) is 5.32 Å². The summed E-state index contributed by atoms with van der Waals surface area (Å²) in [5.74, 6) is 0. The van der Waals surface area contributed by atoms with Crippen molar-refractivity contribution in [2.75, 3.05) is 5.32 Å². The fraction of sp³-hybridized carbons (Fsp3) is 0.188. The van der Waals surface area contributed by atoms with Gasteiger partial charge in [-0.15, -0.1) is 0 Å². The van der Waals surface area contributed by atoms with Crippen molar-refractivity contribution >= 4 is 23.3 Å². The summed E-state index contributed by atoms with van der Waals surface area (Å²) in [6, 6.07) is 14.5. The van der Waals surface area contributed by atoms with Gasteiger partial charge < -0.3 is 16.4 Å². The Morgan fingerprint density at radius 1 is 1.14 bits per heavy atom. The van der Waals surface area contributed by atoms with E-state index in [1.54, 1.807) is 12.1 Å². The number of benzene rings is 2. The molecular formula is C16H18ClN3O. The standard InChI is InChI=1S/C16H18ClN3O/c1-11(18)13-4-8-15(9-5-13)20-16(21)19-10-12-2-6-14(17)7-3-12/h2-9,11H,10,18H2,1H3,(H2,19,20,21)/t11-/m0/s1. The number of carbonyl (C=O) groups is 1. The molecular weight excluding hydrogens is 286 g/mol. The fourth-order valence-corrected chi connectivity index (χ4v) is 1.96. The summed E-state index contributed by atoms with van der Waals surface area (Å²) < 4.78 is 0. The molecule has 110 valence electrons. The summed E-state index contributed by atoms with van der Waals surface area (Å²) in [6.45, 7) is 2.36. The molecule has 0 aliphatic rings. The molecule has 0 radical (unpaired) electrons. The van der Waals surface area contributed by atoms with Crippen LogP contribution in [0.2, 0.25) is 5.02 Å². The first-order valence-electron chi connectivity index (χ1n) is 6.69. The first kappa shape index (κ1) is 15.4. The molecule has 4 nitrogen and oxygen atoms in total. The quantitative estimate of drug-likeness (QED) is 0.806. The third kappa shape index (κ3) is 4.77. The van der Waals surface area contributed by atoms with E-state index in [1.165, 1.54) is 0 Å². The molecule has 0 saturated carbocycles. The molecule has 2 aromatic rings. The van der Waals surface area contributed by atoms with E-state index in [2.05, 4.69) is 10.6 Å². The second-order valence-corrected chi connectivity index (χ2v) is 5.28. The first-order valence-corrected chi connectivity index (χ1v) is 7.07. The molecule has 0 heterocycles. The van der Waals surface area contributed by atoms with Gasteiger partial charge in [-0.1, -0.05) is 35.9 Å². The Labute approximate surface area is 129 Å². The Hall–Kier alpha value is -2.04. The zero-order valence-corrected chi connectivity index (χ0v) is 12.5. The average Bonchev–Trinajstić information content (AvgIpc) is 2.47. The van der Waals surface area contributed by atoms with Crippen LogP contribution in [0, 0.1) is 0 Å². The van der Waals surface area contributed by atoms with E-state index in [0.717, 1.165) is 16.8 Å². The zero-order chi connectivity index (χ0) is 15.2. The number of amides is 2. The van der Waals surface area contributed by atoms with E-state index >= 15 is 0 Å². The molecule has 0 aliphatic carbocycles. The maximum atomic E-state index is 11.8. The summed E-state index contributed by atoms with van der Waals surface area (Å²) in [6.07, 6.45) is 0. The topological polar surface area (TPSA) is 67.1 Å². The van der Waals surface area contributed by atoms with Crippen LogP contribution in [0.15, 0.2) is 48.5 Å². The van der Waals surface area contributed by atoms with Crippen LogP contribution in [-0.4, -0.2) is 6.03 Å². The Kier molecular flexibility index (Phi) is 5.20. The fourth-order valence-electron chi connectivity index (χ4n) is 1.83. The molecule has 0 aromatic heterocycles. The highest BCUT2D eigenvalue weighted by Crippen LogP contribution is 2.14. The SMILES string of the molecule is C[C@H](N)c1ccc(NC(=O)NCc2ccc(Cl)cc2)cc1. The van der Waals surface area contributed by atoms with Crippen molar-refractivity contribution in [2.45, 2.75) is 19.5 Å². The van der Waals surface area contributed by atoms with Crippen molar-refractivity contribution in [3.05, 3.63) is 64.7 Å². The van der Waals surface area contributed by atoms with Gasteiger partial charge in [-0.25, -0.2) is 4.79 Å². The molecule has 5 heteroatoms. The summed E-state index contributed by atoms with van der Waals surface area (Å²) >= 11 is 5.81. The number of nitrogens with one attached hydrogen (secondary N) is 2. The van der Waals surface area contributed by atoms with Gasteiger partial charge in [-0.2, -0.15) is 0 Å². The van der Waals surface area contributed by atoms with E-state index in [0.29, 0.717) is 11.6 Å². The lowest BCUT2D eigenvalue weighted by Gasteiger charge is -2.10.